The molecule has 1 atom stereocenters. The number of rotatable bonds is 5. The van der Waals surface area contributed by atoms with Crippen LogP contribution in [0.1, 0.15) is 29.7 Å². The van der Waals surface area contributed by atoms with Crippen molar-refractivity contribution < 1.29 is 4.92 Å². The van der Waals surface area contributed by atoms with Gasteiger partial charge in [0.15, 0.2) is 0 Å². The van der Waals surface area contributed by atoms with Crippen molar-refractivity contribution >= 4 is 16.3 Å². The number of hydrogen-bond donors (Lipinski definition) is 1. The summed E-state index contributed by atoms with van der Waals surface area (Å²) >= 11 is 1.13. The second-order valence-electron chi connectivity index (χ2n) is 4.39. The van der Waals surface area contributed by atoms with Crippen molar-refractivity contribution in [1.29, 1.82) is 5.26 Å². The predicted octanol–water partition coefficient (Wildman–Crippen LogP) is 3.38. The van der Waals surface area contributed by atoms with Crippen LogP contribution >= 0.6 is 11.3 Å². The van der Waals surface area contributed by atoms with Crippen LogP contribution in [0.2, 0.25) is 0 Å². The normalized spacial score (nSPS) is 11.8. The molecule has 0 aliphatic rings. The molecule has 1 aromatic heterocycles. The van der Waals surface area contributed by atoms with Gasteiger partial charge in [0.1, 0.15) is 0 Å². The smallest absolute Gasteiger partial charge is 0.306 e. The molecule has 6 heteroatoms. The molecule has 0 amide bonds. The molecule has 1 N–H and O–H groups in total. The summed E-state index contributed by atoms with van der Waals surface area (Å²) in [6.07, 6.45) is 0. The molecular weight excluding hydrogens is 274 g/mol. The topological polar surface area (TPSA) is 79.0 Å². The second-order valence-corrected chi connectivity index (χ2v) is 5.28. The highest BCUT2D eigenvalue weighted by Gasteiger charge is 2.10. The first-order valence-electron chi connectivity index (χ1n) is 6.05. The third-order valence-corrected chi connectivity index (χ3v) is 3.90. The maximum atomic E-state index is 10.6. The number of benzene rings is 1. The Balaban J connectivity index is 1.95. The van der Waals surface area contributed by atoms with Crippen molar-refractivity contribution in [2.24, 2.45) is 0 Å². The maximum absolute atomic E-state index is 10.6. The molecule has 0 saturated heterocycles. The van der Waals surface area contributed by atoms with E-state index in [2.05, 4.69) is 11.4 Å². The lowest BCUT2D eigenvalue weighted by atomic mass is 10.1. The summed E-state index contributed by atoms with van der Waals surface area (Å²) in [5.74, 6) is 0. The quantitative estimate of drug-likeness (QED) is 0.675. The number of nitrogens with one attached hydrogen (secondary N) is 1. The van der Waals surface area contributed by atoms with Crippen LogP contribution in [0.4, 0.5) is 5.00 Å². The zero-order valence-corrected chi connectivity index (χ0v) is 11.7. The molecule has 0 radical (unpaired) electrons. The van der Waals surface area contributed by atoms with Gasteiger partial charge in [0, 0.05) is 24.0 Å². The van der Waals surface area contributed by atoms with Crippen LogP contribution in [-0.2, 0) is 6.54 Å². The first-order chi connectivity index (χ1) is 9.60. The fraction of sp³-hybridized carbons (Fsp3) is 0.214. The molecule has 0 bridgehead atoms. The van der Waals surface area contributed by atoms with Crippen molar-refractivity contribution in [1.82, 2.24) is 5.32 Å². The first-order valence-corrected chi connectivity index (χ1v) is 6.93. The van der Waals surface area contributed by atoms with Crippen LogP contribution in [0.25, 0.3) is 0 Å². The lowest BCUT2D eigenvalue weighted by molar-refractivity contribution is -0.380. The third kappa shape index (κ3) is 3.41. The van der Waals surface area contributed by atoms with E-state index in [9.17, 15) is 10.1 Å². The number of nitriles is 1. The van der Waals surface area contributed by atoms with Crippen molar-refractivity contribution in [3.63, 3.8) is 0 Å². The summed E-state index contributed by atoms with van der Waals surface area (Å²) in [7, 11) is 0. The van der Waals surface area contributed by atoms with Gasteiger partial charge in [-0.2, -0.15) is 5.26 Å². The van der Waals surface area contributed by atoms with Crippen LogP contribution < -0.4 is 5.32 Å². The average molecular weight is 287 g/mol. The summed E-state index contributed by atoms with van der Waals surface area (Å²) in [4.78, 5) is 10.2. The van der Waals surface area contributed by atoms with Crippen molar-refractivity contribution in [2.45, 2.75) is 19.5 Å². The van der Waals surface area contributed by atoms with Gasteiger partial charge >= 0.3 is 5.00 Å². The molecule has 1 heterocycles. The SMILES string of the molecule is CC(NCc1csc([N+](=O)[O-])c1)c1ccc(C#N)cc1. The first kappa shape index (κ1) is 14.2. The van der Waals surface area contributed by atoms with E-state index in [0.717, 1.165) is 22.5 Å². The Bertz CT molecular complexity index is 643. The molecule has 0 saturated carbocycles. The summed E-state index contributed by atoms with van der Waals surface area (Å²) < 4.78 is 0. The molecule has 2 aromatic rings. The van der Waals surface area contributed by atoms with E-state index >= 15 is 0 Å². The fourth-order valence-electron chi connectivity index (χ4n) is 1.79. The van der Waals surface area contributed by atoms with Gasteiger partial charge in [0.25, 0.3) is 0 Å². The number of thiophene rings is 1. The Morgan fingerprint density at radius 3 is 2.70 bits per heavy atom. The monoisotopic (exact) mass is 287 g/mol. The molecule has 102 valence electrons. The Morgan fingerprint density at radius 1 is 1.45 bits per heavy atom. The number of hydrogen-bond acceptors (Lipinski definition) is 5. The Morgan fingerprint density at radius 2 is 2.15 bits per heavy atom. The van der Waals surface area contributed by atoms with Crippen LogP contribution in [0.5, 0.6) is 0 Å². The van der Waals surface area contributed by atoms with Gasteiger partial charge in [-0.15, -0.1) is 0 Å². The highest BCUT2D eigenvalue weighted by Crippen LogP contribution is 2.23. The third-order valence-electron chi connectivity index (χ3n) is 2.97. The summed E-state index contributed by atoms with van der Waals surface area (Å²) in [6, 6.07) is 11.2. The van der Waals surface area contributed by atoms with Crippen molar-refractivity contribution in [2.75, 3.05) is 0 Å². The van der Waals surface area contributed by atoms with Gasteiger partial charge in [-0.05, 0) is 30.2 Å². The van der Waals surface area contributed by atoms with Crippen molar-refractivity contribution in [3.05, 3.63) is 62.5 Å². The predicted molar refractivity (Wildman–Crippen MR) is 77.4 cm³/mol. The van der Waals surface area contributed by atoms with Crippen LogP contribution in [0, 0.1) is 21.4 Å². The van der Waals surface area contributed by atoms with Gasteiger partial charge in [0.05, 0.1) is 16.6 Å². The van der Waals surface area contributed by atoms with Gasteiger partial charge in [-0.25, -0.2) is 0 Å². The minimum atomic E-state index is -0.377. The van der Waals surface area contributed by atoms with E-state index in [-0.39, 0.29) is 16.0 Å². The largest absolute Gasteiger partial charge is 0.324 e. The zero-order valence-electron chi connectivity index (χ0n) is 10.9. The summed E-state index contributed by atoms with van der Waals surface area (Å²) in [6.45, 7) is 2.59. The highest BCUT2D eigenvalue weighted by atomic mass is 32.1. The number of nitrogens with zero attached hydrogens (tertiary/aromatic N) is 2. The minimum absolute atomic E-state index is 0.113. The number of nitro groups is 1. The van der Waals surface area contributed by atoms with E-state index in [0.29, 0.717) is 12.1 Å². The van der Waals surface area contributed by atoms with Gasteiger partial charge in [-0.3, -0.25) is 10.1 Å². The molecule has 2 rings (SSSR count). The Hall–Kier alpha value is -2.23. The molecule has 0 spiro atoms. The molecular formula is C14H13N3O2S. The Kier molecular flexibility index (Phi) is 4.45. The fourth-order valence-corrected chi connectivity index (χ4v) is 2.52. The maximum Gasteiger partial charge on any atom is 0.324 e. The second kappa shape index (κ2) is 6.28. The van der Waals surface area contributed by atoms with E-state index in [4.69, 9.17) is 5.26 Å². The lowest BCUT2D eigenvalue weighted by Gasteiger charge is -2.13. The molecule has 0 aliphatic heterocycles. The zero-order chi connectivity index (χ0) is 14.5. The van der Waals surface area contributed by atoms with E-state index in [1.165, 1.54) is 0 Å². The average Bonchev–Trinajstić information content (AvgIpc) is 2.94. The van der Waals surface area contributed by atoms with Gasteiger partial charge < -0.3 is 5.32 Å². The van der Waals surface area contributed by atoms with Crippen LogP contribution in [0.15, 0.2) is 35.7 Å². The van der Waals surface area contributed by atoms with E-state index in [1.807, 2.05) is 19.1 Å². The molecule has 0 fully saturated rings. The standard InChI is InChI=1S/C14H13N3O2S/c1-10(13-4-2-11(7-15)3-5-13)16-8-12-6-14(17(18)19)20-9-12/h2-6,9-10,16H,8H2,1H3. The van der Waals surface area contributed by atoms with Gasteiger partial charge in [0.2, 0.25) is 0 Å². The molecule has 5 nitrogen and oxygen atoms in total. The summed E-state index contributed by atoms with van der Waals surface area (Å²) in [5.41, 5.74) is 2.62. The summed E-state index contributed by atoms with van der Waals surface area (Å²) in [5, 5.41) is 24.6. The van der Waals surface area contributed by atoms with Gasteiger partial charge in [-0.1, -0.05) is 23.5 Å². The minimum Gasteiger partial charge on any atom is -0.306 e. The molecule has 0 aliphatic carbocycles. The Labute approximate surface area is 120 Å². The van der Waals surface area contributed by atoms with E-state index < -0.39 is 0 Å². The van der Waals surface area contributed by atoms with E-state index in [1.54, 1.807) is 23.6 Å². The molecule has 1 unspecified atom stereocenters. The van der Waals surface area contributed by atoms with Crippen LogP contribution in [-0.4, -0.2) is 4.92 Å². The highest BCUT2D eigenvalue weighted by molar-refractivity contribution is 7.13. The lowest BCUT2D eigenvalue weighted by Crippen LogP contribution is -2.17. The van der Waals surface area contributed by atoms with Crippen LogP contribution in [0.3, 0.4) is 0 Å². The molecule has 1 aromatic carbocycles. The van der Waals surface area contributed by atoms with Crippen molar-refractivity contribution in [3.8, 4) is 6.07 Å². The molecule has 20 heavy (non-hydrogen) atoms.